The fourth-order valence-electron chi connectivity index (χ4n) is 1.66. The lowest BCUT2D eigenvalue weighted by Gasteiger charge is -2.00. The lowest BCUT2D eigenvalue weighted by Crippen LogP contribution is -1.98. The van der Waals surface area contributed by atoms with Gasteiger partial charge in [0.15, 0.2) is 0 Å². The van der Waals surface area contributed by atoms with Crippen LogP contribution >= 0.6 is 0 Å². The SMILES string of the molecule is Cc1ccc2c(CC(=O)O)c[nH]c2c1O. The van der Waals surface area contributed by atoms with Crippen LogP contribution in [0.2, 0.25) is 0 Å². The molecule has 0 unspecified atom stereocenters. The second-order valence-electron chi connectivity index (χ2n) is 3.54. The van der Waals surface area contributed by atoms with Crippen LogP contribution in [0, 0.1) is 6.92 Å². The number of aromatic amines is 1. The maximum Gasteiger partial charge on any atom is 0.307 e. The summed E-state index contributed by atoms with van der Waals surface area (Å²) in [4.78, 5) is 13.5. The van der Waals surface area contributed by atoms with E-state index >= 15 is 0 Å². The first-order chi connectivity index (χ1) is 7.09. The Morgan fingerprint density at radius 3 is 2.87 bits per heavy atom. The minimum absolute atomic E-state index is 0.0392. The molecule has 78 valence electrons. The highest BCUT2D eigenvalue weighted by Gasteiger charge is 2.10. The predicted octanol–water partition coefficient (Wildman–Crippen LogP) is 1.81. The van der Waals surface area contributed by atoms with Gasteiger partial charge < -0.3 is 15.2 Å². The van der Waals surface area contributed by atoms with Crippen LogP contribution in [-0.2, 0) is 11.2 Å². The molecule has 0 aliphatic heterocycles. The summed E-state index contributed by atoms with van der Waals surface area (Å²) < 4.78 is 0. The largest absolute Gasteiger partial charge is 0.505 e. The Morgan fingerprint density at radius 2 is 2.20 bits per heavy atom. The Hall–Kier alpha value is -1.97. The van der Waals surface area contributed by atoms with Crippen molar-refractivity contribution in [3.63, 3.8) is 0 Å². The topological polar surface area (TPSA) is 73.3 Å². The standard InChI is InChI=1S/C11H11NO3/c1-6-2-3-8-7(4-9(13)14)5-12-10(8)11(6)15/h2-3,5,12,15H,4H2,1H3,(H,13,14). The van der Waals surface area contributed by atoms with Crippen LogP contribution in [0.5, 0.6) is 5.75 Å². The second kappa shape index (κ2) is 3.31. The quantitative estimate of drug-likeness (QED) is 0.700. The van der Waals surface area contributed by atoms with Gasteiger partial charge >= 0.3 is 5.97 Å². The smallest absolute Gasteiger partial charge is 0.307 e. The zero-order valence-corrected chi connectivity index (χ0v) is 8.24. The molecule has 3 N–H and O–H groups in total. The van der Waals surface area contributed by atoms with Gasteiger partial charge in [0.25, 0.3) is 0 Å². The van der Waals surface area contributed by atoms with Gasteiger partial charge in [-0.25, -0.2) is 0 Å². The number of aryl methyl sites for hydroxylation is 1. The van der Waals surface area contributed by atoms with Crippen LogP contribution < -0.4 is 0 Å². The van der Waals surface area contributed by atoms with Gasteiger partial charge in [0, 0.05) is 11.6 Å². The monoisotopic (exact) mass is 205 g/mol. The van der Waals surface area contributed by atoms with Crippen LogP contribution in [0.1, 0.15) is 11.1 Å². The van der Waals surface area contributed by atoms with Crippen molar-refractivity contribution in [1.29, 1.82) is 0 Å². The van der Waals surface area contributed by atoms with E-state index in [2.05, 4.69) is 4.98 Å². The number of phenols is 1. The number of carboxylic acid groups (broad SMARTS) is 1. The number of hydrogen-bond acceptors (Lipinski definition) is 2. The van der Waals surface area contributed by atoms with Gasteiger partial charge in [0.2, 0.25) is 0 Å². The third-order valence-electron chi connectivity index (χ3n) is 2.46. The fourth-order valence-corrected chi connectivity index (χ4v) is 1.66. The Balaban J connectivity index is 2.61. The number of rotatable bonds is 2. The van der Waals surface area contributed by atoms with Gasteiger partial charge in [0.1, 0.15) is 5.75 Å². The first-order valence-corrected chi connectivity index (χ1v) is 4.60. The Bertz CT molecular complexity index is 528. The molecule has 0 aliphatic rings. The minimum atomic E-state index is -0.879. The molecule has 4 nitrogen and oxygen atoms in total. The molecule has 0 spiro atoms. The third kappa shape index (κ3) is 1.54. The van der Waals surface area contributed by atoms with Crippen LogP contribution in [0.15, 0.2) is 18.3 Å². The summed E-state index contributed by atoms with van der Waals surface area (Å²) >= 11 is 0. The van der Waals surface area contributed by atoms with Crippen molar-refractivity contribution in [2.24, 2.45) is 0 Å². The van der Waals surface area contributed by atoms with Gasteiger partial charge in [-0.3, -0.25) is 4.79 Å². The highest BCUT2D eigenvalue weighted by Crippen LogP contribution is 2.29. The number of benzene rings is 1. The molecule has 0 bridgehead atoms. The van der Waals surface area contributed by atoms with Crippen molar-refractivity contribution < 1.29 is 15.0 Å². The number of fused-ring (bicyclic) bond motifs is 1. The summed E-state index contributed by atoms with van der Waals surface area (Å²) in [5.74, 6) is -0.694. The molecule has 0 aliphatic carbocycles. The fraction of sp³-hybridized carbons (Fsp3) is 0.182. The Morgan fingerprint density at radius 1 is 1.47 bits per heavy atom. The predicted molar refractivity (Wildman–Crippen MR) is 56.0 cm³/mol. The van der Waals surface area contributed by atoms with Crippen molar-refractivity contribution in [3.05, 3.63) is 29.5 Å². The van der Waals surface area contributed by atoms with E-state index in [0.29, 0.717) is 11.1 Å². The summed E-state index contributed by atoms with van der Waals surface area (Å²) in [7, 11) is 0. The number of aliphatic carboxylic acids is 1. The van der Waals surface area contributed by atoms with E-state index in [4.69, 9.17) is 5.11 Å². The molecule has 2 rings (SSSR count). The van der Waals surface area contributed by atoms with Crippen LogP contribution in [0.25, 0.3) is 10.9 Å². The Kier molecular flexibility index (Phi) is 2.11. The summed E-state index contributed by atoms with van der Waals surface area (Å²) in [5.41, 5.74) is 2.06. The zero-order valence-electron chi connectivity index (χ0n) is 8.24. The third-order valence-corrected chi connectivity index (χ3v) is 2.46. The molecule has 15 heavy (non-hydrogen) atoms. The molecule has 4 heteroatoms. The average molecular weight is 205 g/mol. The van der Waals surface area contributed by atoms with Crippen molar-refractivity contribution >= 4 is 16.9 Å². The molecule has 0 saturated heterocycles. The first kappa shape index (κ1) is 9.58. The van der Waals surface area contributed by atoms with E-state index in [9.17, 15) is 9.90 Å². The molecule has 1 heterocycles. The number of carboxylic acids is 1. The maximum atomic E-state index is 10.6. The molecular formula is C11H11NO3. The summed E-state index contributed by atoms with van der Waals surface area (Å²) in [6.07, 6.45) is 1.58. The molecule has 0 atom stereocenters. The van der Waals surface area contributed by atoms with Gasteiger partial charge in [-0.2, -0.15) is 0 Å². The molecule has 1 aromatic carbocycles. The van der Waals surface area contributed by atoms with Gasteiger partial charge in [-0.05, 0) is 18.1 Å². The van der Waals surface area contributed by atoms with Crippen molar-refractivity contribution in [1.82, 2.24) is 4.98 Å². The van der Waals surface area contributed by atoms with Crippen LogP contribution in [-0.4, -0.2) is 21.2 Å². The molecule has 0 fully saturated rings. The molecule has 0 radical (unpaired) electrons. The summed E-state index contributed by atoms with van der Waals surface area (Å²) in [6, 6.07) is 3.59. The van der Waals surface area contributed by atoms with Crippen molar-refractivity contribution in [2.45, 2.75) is 13.3 Å². The number of hydrogen-bond donors (Lipinski definition) is 3. The second-order valence-corrected chi connectivity index (χ2v) is 3.54. The zero-order chi connectivity index (χ0) is 11.0. The number of phenolic OH excluding ortho intramolecular Hbond substituents is 1. The normalized spacial score (nSPS) is 10.7. The molecule has 2 aromatic rings. The van der Waals surface area contributed by atoms with Crippen molar-refractivity contribution in [3.8, 4) is 5.75 Å². The number of aromatic nitrogens is 1. The van der Waals surface area contributed by atoms with Crippen LogP contribution in [0.4, 0.5) is 0 Å². The van der Waals surface area contributed by atoms with E-state index in [1.807, 2.05) is 6.07 Å². The summed E-state index contributed by atoms with van der Waals surface area (Å²) in [6.45, 7) is 1.80. The highest BCUT2D eigenvalue weighted by molar-refractivity contribution is 5.91. The van der Waals surface area contributed by atoms with Crippen molar-refractivity contribution in [2.75, 3.05) is 0 Å². The number of aromatic hydroxyl groups is 1. The van der Waals surface area contributed by atoms with Gasteiger partial charge in [-0.15, -0.1) is 0 Å². The molecule has 1 aromatic heterocycles. The maximum absolute atomic E-state index is 10.6. The van der Waals surface area contributed by atoms with Gasteiger partial charge in [0.05, 0.1) is 11.9 Å². The first-order valence-electron chi connectivity index (χ1n) is 4.60. The molecule has 0 saturated carbocycles. The van der Waals surface area contributed by atoms with E-state index < -0.39 is 5.97 Å². The van der Waals surface area contributed by atoms with E-state index in [0.717, 1.165) is 10.9 Å². The lowest BCUT2D eigenvalue weighted by atomic mass is 10.1. The Labute approximate surface area is 86.2 Å². The number of nitrogens with one attached hydrogen (secondary N) is 1. The minimum Gasteiger partial charge on any atom is -0.505 e. The average Bonchev–Trinajstić information content (AvgIpc) is 2.55. The van der Waals surface area contributed by atoms with Gasteiger partial charge in [-0.1, -0.05) is 12.1 Å². The van der Waals surface area contributed by atoms with E-state index in [1.54, 1.807) is 19.2 Å². The number of H-pyrrole nitrogens is 1. The van der Waals surface area contributed by atoms with E-state index in [1.165, 1.54) is 0 Å². The molecule has 0 amide bonds. The lowest BCUT2D eigenvalue weighted by molar-refractivity contribution is -0.136. The highest BCUT2D eigenvalue weighted by atomic mass is 16.4. The van der Waals surface area contributed by atoms with Crippen LogP contribution in [0.3, 0.4) is 0 Å². The summed E-state index contributed by atoms with van der Waals surface area (Å²) in [5, 5.41) is 19.2. The number of carbonyl (C=O) groups is 1. The molecular weight excluding hydrogens is 194 g/mol. The van der Waals surface area contributed by atoms with E-state index in [-0.39, 0.29) is 12.2 Å².